The van der Waals surface area contributed by atoms with Crippen molar-refractivity contribution >= 4 is 18.2 Å². The number of nitrogens with one attached hydrogen (secondary N) is 1. The summed E-state index contributed by atoms with van der Waals surface area (Å²) in [5.74, 6) is -1.15. The quantitative estimate of drug-likeness (QED) is 0.0826. The van der Waals surface area contributed by atoms with Crippen molar-refractivity contribution in [1.82, 2.24) is 5.48 Å². The van der Waals surface area contributed by atoms with Crippen LogP contribution in [-0.4, -0.2) is 29.9 Å². The first kappa shape index (κ1) is 30.0. The minimum Gasteiger partial charge on any atom is -0.396 e. The van der Waals surface area contributed by atoms with Crippen LogP contribution < -0.4 is 5.48 Å². The summed E-state index contributed by atoms with van der Waals surface area (Å²) < 4.78 is 0. The second-order valence-electron chi connectivity index (χ2n) is 8.64. The minimum atomic E-state index is -0.653. The lowest BCUT2D eigenvalue weighted by molar-refractivity contribution is -0.156. The molecular weight excluding hydrogens is 406 g/mol. The van der Waals surface area contributed by atoms with Crippen LogP contribution in [0.5, 0.6) is 0 Å². The normalized spacial score (nSPS) is 13.0. The molecule has 0 bridgehead atoms. The summed E-state index contributed by atoms with van der Waals surface area (Å²) in [6.07, 6.45) is 18.9. The largest absolute Gasteiger partial charge is 0.396 e. The van der Waals surface area contributed by atoms with Crippen LogP contribution in [0.4, 0.5) is 0 Å². The van der Waals surface area contributed by atoms with Gasteiger partial charge in [0.1, 0.15) is 6.29 Å². The van der Waals surface area contributed by atoms with Crippen LogP contribution in [0.1, 0.15) is 104 Å². The highest BCUT2D eigenvalue weighted by molar-refractivity contribution is 5.88. The van der Waals surface area contributed by atoms with Gasteiger partial charge in [-0.2, -0.15) is 5.48 Å². The van der Waals surface area contributed by atoms with Gasteiger partial charge in [0, 0.05) is 24.0 Å². The Balaban J connectivity index is 4.03. The number of carbonyl (C=O) groups is 3. The number of hydroxylamine groups is 1. The number of aliphatic hydroxyl groups excluding tert-OH is 1. The Labute approximate surface area is 194 Å². The monoisotopic (exact) mass is 451 g/mol. The van der Waals surface area contributed by atoms with Gasteiger partial charge in [-0.3, -0.25) is 4.79 Å². The third-order valence-corrected chi connectivity index (χ3v) is 5.57. The number of hydrogen-bond donors (Lipinski definition) is 2. The van der Waals surface area contributed by atoms with E-state index in [1.807, 2.05) is 0 Å². The third kappa shape index (κ3) is 16.7. The molecular formula is C26H45NO5. The number of carbonyl (C=O) groups excluding carboxylic acids is 3. The third-order valence-electron chi connectivity index (χ3n) is 5.57. The van der Waals surface area contributed by atoms with Crippen LogP contribution in [0.25, 0.3) is 0 Å². The summed E-state index contributed by atoms with van der Waals surface area (Å²) in [6.45, 7) is 7.22. The molecule has 0 aliphatic rings. The van der Waals surface area contributed by atoms with Gasteiger partial charge in [-0.1, -0.05) is 70.6 Å². The van der Waals surface area contributed by atoms with E-state index in [0.717, 1.165) is 57.7 Å². The zero-order chi connectivity index (χ0) is 24.0. The number of unbranched alkanes of at least 4 members (excludes halogenated alkanes) is 7. The molecule has 0 heterocycles. The van der Waals surface area contributed by atoms with E-state index >= 15 is 0 Å². The Morgan fingerprint density at radius 1 is 0.969 bits per heavy atom. The molecule has 1 amide bonds. The van der Waals surface area contributed by atoms with Gasteiger partial charge >= 0.3 is 5.97 Å². The van der Waals surface area contributed by atoms with E-state index in [0.29, 0.717) is 19.3 Å². The molecule has 6 nitrogen and oxygen atoms in total. The Morgan fingerprint density at radius 3 is 2.25 bits per heavy atom. The SMILES string of the molecule is C=C(C)C(=O)ONC(=O)C(CCCO)CCCCCCCC(C=O)CC=CCCCCC. The van der Waals surface area contributed by atoms with E-state index in [2.05, 4.69) is 31.1 Å². The Hall–Kier alpha value is -1.95. The molecule has 32 heavy (non-hydrogen) atoms. The Morgan fingerprint density at radius 2 is 1.62 bits per heavy atom. The fraction of sp³-hybridized carbons (Fsp3) is 0.731. The first-order valence-electron chi connectivity index (χ1n) is 12.3. The fourth-order valence-electron chi connectivity index (χ4n) is 3.48. The minimum absolute atomic E-state index is 0.0289. The predicted molar refractivity (Wildman–Crippen MR) is 129 cm³/mol. The van der Waals surface area contributed by atoms with Crippen molar-refractivity contribution in [1.29, 1.82) is 0 Å². The lowest BCUT2D eigenvalue weighted by Crippen LogP contribution is -2.33. The van der Waals surface area contributed by atoms with E-state index < -0.39 is 5.97 Å². The second kappa shape index (κ2) is 20.9. The van der Waals surface area contributed by atoms with Crippen molar-refractivity contribution in [3.8, 4) is 0 Å². The van der Waals surface area contributed by atoms with Gasteiger partial charge in [0.15, 0.2) is 0 Å². The van der Waals surface area contributed by atoms with E-state index in [-0.39, 0.29) is 29.9 Å². The van der Waals surface area contributed by atoms with Crippen LogP contribution >= 0.6 is 0 Å². The van der Waals surface area contributed by atoms with E-state index in [1.54, 1.807) is 0 Å². The highest BCUT2D eigenvalue weighted by atomic mass is 16.7. The maximum atomic E-state index is 12.3. The molecule has 0 radical (unpaired) electrons. The molecule has 0 spiro atoms. The van der Waals surface area contributed by atoms with Gasteiger partial charge in [0.05, 0.1) is 0 Å². The maximum absolute atomic E-state index is 12.3. The molecule has 0 aliphatic heterocycles. The summed E-state index contributed by atoms with van der Waals surface area (Å²) in [4.78, 5) is 39.7. The Bertz CT molecular complexity index is 558. The summed E-state index contributed by atoms with van der Waals surface area (Å²) in [6, 6.07) is 0. The summed E-state index contributed by atoms with van der Waals surface area (Å²) in [7, 11) is 0. The van der Waals surface area contributed by atoms with Gasteiger partial charge in [-0.05, 0) is 51.9 Å². The van der Waals surface area contributed by atoms with Crippen LogP contribution in [0.3, 0.4) is 0 Å². The molecule has 2 unspecified atom stereocenters. The number of allylic oxidation sites excluding steroid dienone is 2. The highest BCUT2D eigenvalue weighted by Gasteiger charge is 2.19. The second-order valence-corrected chi connectivity index (χ2v) is 8.64. The van der Waals surface area contributed by atoms with Crippen LogP contribution in [-0.2, 0) is 19.2 Å². The van der Waals surface area contributed by atoms with Crippen molar-refractivity contribution in [2.45, 2.75) is 104 Å². The number of rotatable bonds is 20. The molecule has 0 aliphatic carbocycles. The molecule has 2 N–H and O–H groups in total. The van der Waals surface area contributed by atoms with Crippen molar-refractivity contribution < 1.29 is 24.3 Å². The predicted octanol–water partition coefficient (Wildman–Crippen LogP) is 5.60. The number of amides is 1. The Kier molecular flexibility index (Phi) is 19.7. The van der Waals surface area contributed by atoms with Gasteiger partial charge in [0.25, 0.3) is 5.91 Å². The summed E-state index contributed by atoms with van der Waals surface area (Å²) in [5.41, 5.74) is 2.43. The number of hydrogen-bond acceptors (Lipinski definition) is 5. The smallest absolute Gasteiger partial charge is 0.358 e. The van der Waals surface area contributed by atoms with Crippen molar-refractivity contribution in [2.75, 3.05) is 6.61 Å². The molecule has 6 heteroatoms. The first-order chi connectivity index (χ1) is 15.5. The molecule has 0 aromatic heterocycles. The zero-order valence-corrected chi connectivity index (χ0v) is 20.3. The molecule has 0 aromatic carbocycles. The van der Waals surface area contributed by atoms with Gasteiger partial charge in [0.2, 0.25) is 0 Å². The van der Waals surface area contributed by atoms with Gasteiger partial charge < -0.3 is 14.7 Å². The highest BCUT2D eigenvalue weighted by Crippen LogP contribution is 2.19. The maximum Gasteiger partial charge on any atom is 0.358 e. The zero-order valence-electron chi connectivity index (χ0n) is 20.3. The fourth-order valence-corrected chi connectivity index (χ4v) is 3.48. The lowest BCUT2D eigenvalue weighted by atomic mass is 9.94. The van der Waals surface area contributed by atoms with E-state index in [9.17, 15) is 14.4 Å². The average Bonchev–Trinajstić information content (AvgIpc) is 2.79. The van der Waals surface area contributed by atoms with Gasteiger partial charge in [-0.15, -0.1) is 0 Å². The van der Waals surface area contributed by atoms with Crippen molar-refractivity contribution in [3.05, 3.63) is 24.3 Å². The topological polar surface area (TPSA) is 92.7 Å². The molecule has 0 fully saturated rings. The van der Waals surface area contributed by atoms with E-state index in [1.165, 1.54) is 26.2 Å². The lowest BCUT2D eigenvalue weighted by Gasteiger charge is -2.16. The van der Waals surface area contributed by atoms with Crippen LogP contribution in [0, 0.1) is 11.8 Å². The number of aliphatic hydroxyl groups is 1. The molecule has 2 atom stereocenters. The average molecular weight is 452 g/mol. The molecule has 0 saturated heterocycles. The molecule has 0 saturated carbocycles. The summed E-state index contributed by atoms with van der Waals surface area (Å²) >= 11 is 0. The first-order valence-corrected chi connectivity index (χ1v) is 12.3. The van der Waals surface area contributed by atoms with Gasteiger partial charge in [-0.25, -0.2) is 4.79 Å². The standard InChI is InChI=1S/C26H45NO5/c1-4-5-6-7-9-12-16-23(21-29)17-13-10-8-11-14-18-24(19-15-20-28)25(30)27-32-26(31)22(2)3/h9,12,21,23-24,28H,2,4-8,10-11,13-20H2,1,3H3,(H,27,30). The van der Waals surface area contributed by atoms with Crippen molar-refractivity contribution in [3.63, 3.8) is 0 Å². The van der Waals surface area contributed by atoms with Crippen LogP contribution in [0.15, 0.2) is 24.3 Å². The molecule has 0 aromatic rings. The molecule has 184 valence electrons. The summed E-state index contributed by atoms with van der Waals surface area (Å²) in [5, 5.41) is 9.07. The van der Waals surface area contributed by atoms with Crippen molar-refractivity contribution in [2.24, 2.45) is 11.8 Å². The van der Waals surface area contributed by atoms with Crippen LogP contribution in [0.2, 0.25) is 0 Å². The van der Waals surface area contributed by atoms with E-state index in [4.69, 9.17) is 9.94 Å². The number of aldehydes is 1. The molecule has 0 rings (SSSR count).